The second kappa shape index (κ2) is 8.30. The van der Waals surface area contributed by atoms with Crippen molar-refractivity contribution in [3.8, 4) is 34.3 Å². The second-order valence-electron chi connectivity index (χ2n) is 7.29. The van der Waals surface area contributed by atoms with E-state index < -0.39 is 54.2 Å². The van der Waals surface area contributed by atoms with Gasteiger partial charge in [-0.25, -0.2) is 0 Å². The van der Waals surface area contributed by atoms with Crippen molar-refractivity contribution in [1.29, 1.82) is 0 Å². The first-order chi connectivity index (χ1) is 15.2. The first-order valence-corrected chi connectivity index (χ1v) is 9.50. The van der Waals surface area contributed by atoms with E-state index in [9.17, 15) is 40.5 Å². The quantitative estimate of drug-likeness (QED) is 0.279. The summed E-state index contributed by atoms with van der Waals surface area (Å²) in [6.07, 6.45) is -7.21. The van der Waals surface area contributed by atoms with E-state index in [1.54, 1.807) is 0 Å². The van der Waals surface area contributed by atoms with Crippen LogP contribution in [0.1, 0.15) is 0 Å². The Hall–Kier alpha value is -3.35. The molecule has 2 heterocycles. The van der Waals surface area contributed by atoms with Gasteiger partial charge < -0.3 is 49.6 Å². The molecule has 0 unspecified atom stereocenters. The fourth-order valence-electron chi connectivity index (χ4n) is 3.45. The standard InChI is InChI=1S/C21H20O11/c22-7-13-15(25)17(27)19(29)21(32-13)30-10-3-1-8(2-4-10)20-18(28)16(26)14-11(24)5-9(23)6-12(14)31-20/h1-6,13,15,17,19,21-25,27-29H,7H2/t13-,15-,17-,19-,21-/m1/s1. The highest BCUT2D eigenvalue weighted by Crippen LogP contribution is 2.35. The molecule has 0 saturated carbocycles. The van der Waals surface area contributed by atoms with Crippen molar-refractivity contribution < 1.29 is 49.6 Å². The first kappa shape index (κ1) is 21.9. The van der Waals surface area contributed by atoms with E-state index in [0.29, 0.717) is 0 Å². The molecule has 0 radical (unpaired) electrons. The predicted molar refractivity (Wildman–Crippen MR) is 107 cm³/mol. The summed E-state index contributed by atoms with van der Waals surface area (Å²) in [4.78, 5) is 12.5. The molecule has 170 valence electrons. The number of phenols is 2. The van der Waals surface area contributed by atoms with E-state index in [1.165, 1.54) is 24.3 Å². The lowest BCUT2D eigenvalue weighted by Crippen LogP contribution is -2.60. The molecule has 0 aliphatic carbocycles. The number of aromatic hydroxyl groups is 3. The van der Waals surface area contributed by atoms with Gasteiger partial charge in [-0.3, -0.25) is 4.79 Å². The maximum absolute atomic E-state index is 12.5. The van der Waals surface area contributed by atoms with Gasteiger partial charge in [-0.05, 0) is 24.3 Å². The van der Waals surface area contributed by atoms with Crippen LogP contribution in [0.15, 0.2) is 45.6 Å². The lowest BCUT2D eigenvalue weighted by atomic mass is 9.99. The maximum atomic E-state index is 12.5. The summed E-state index contributed by atoms with van der Waals surface area (Å²) in [5.74, 6) is -1.68. The summed E-state index contributed by atoms with van der Waals surface area (Å²) < 4.78 is 16.3. The molecule has 2 aromatic carbocycles. The number of hydrogen-bond donors (Lipinski definition) is 7. The number of ether oxygens (including phenoxy) is 2. The second-order valence-corrected chi connectivity index (χ2v) is 7.29. The van der Waals surface area contributed by atoms with Crippen LogP contribution in [0.3, 0.4) is 0 Å². The Morgan fingerprint density at radius 1 is 0.938 bits per heavy atom. The van der Waals surface area contributed by atoms with Crippen LogP contribution in [0.4, 0.5) is 0 Å². The number of rotatable bonds is 4. The largest absolute Gasteiger partial charge is 0.508 e. The molecule has 1 aliphatic rings. The van der Waals surface area contributed by atoms with Gasteiger partial charge in [-0.1, -0.05) is 0 Å². The zero-order chi connectivity index (χ0) is 23.2. The molecule has 4 rings (SSSR count). The molecular weight excluding hydrogens is 428 g/mol. The summed E-state index contributed by atoms with van der Waals surface area (Å²) in [5, 5.41) is 68.5. The van der Waals surface area contributed by atoms with Crippen LogP contribution in [0.25, 0.3) is 22.3 Å². The Balaban J connectivity index is 1.63. The molecule has 3 aromatic rings. The first-order valence-electron chi connectivity index (χ1n) is 9.50. The van der Waals surface area contributed by atoms with Gasteiger partial charge in [-0.2, -0.15) is 0 Å². The number of aliphatic hydroxyl groups is 4. The minimum absolute atomic E-state index is 0.137. The molecule has 0 bridgehead atoms. The van der Waals surface area contributed by atoms with Crippen molar-refractivity contribution >= 4 is 11.0 Å². The molecule has 11 nitrogen and oxygen atoms in total. The monoisotopic (exact) mass is 448 g/mol. The van der Waals surface area contributed by atoms with Crippen molar-refractivity contribution in [1.82, 2.24) is 0 Å². The Kier molecular flexibility index (Phi) is 5.67. The normalized spacial score (nSPS) is 25.7. The third kappa shape index (κ3) is 3.72. The Bertz CT molecular complexity index is 1190. The van der Waals surface area contributed by atoms with Crippen LogP contribution in [-0.2, 0) is 4.74 Å². The number of fused-ring (bicyclic) bond motifs is 1. The number of aliphatic hydroxyl groups excluding tert-OH is 4. The highest BCUT2D eigenvalue weighted by Gasteiger charge is 2.44. The van der Waals surface area contributed by atoms with E-state index in [2.05, 4.69) is 0 Å². The molecule has 0 spiro atoms. The molecule has 0 amide bonds. The molecular formula is C21H20O11. The van der Waals surface area contributed by atoms with E-state index in [-0.39, 0.29) is 33.8 Å². The fourth-order valence-corrected chi connectivity index (χ4v) is 3.45. The van der Waals surface area contributed by atoms with Gasteiger partial charge >= 0.3 is 0 Å². The molecule has 1 aliphatic heterocycles. The van der Waals surface area contributed by atoms with Gasteiger partial charge in [0.05, 0.1) is 6.61 Å². The van der Waals surface area contributed by atoms with Gasteiger partial charge in [0.2, 0.25) is 17.5 Å². The molecule has 1 fully saturated rings. The summed E-state index contributed by atoms with van der Waals surface area (Å²) in [6, 6.07) is 7.72. The van der Waals surface area contributed by atoms with Crippen molar-refractivity contribution in [3.05, 3.63) is 46.6 Å². The number of phenolic OH excluding ortho intramolecular Hbond substituents is 2. The minimum Gasteiger partial charge on any atom is -0.508 e. The van der Waals surface area contributed by atoms with Crippen molar-refractivity contribution in [2.24, 2.45) is 0 Å². The van der Waals surface area contributed by atoms with Crippen molar-refractivity contribution in [3.63, 3.8) is 0 Å². The van der Waals surface area contributed by atoms with Gasteiger partial charge in [0.15, 0.2) is 5.76 Å². The highest BCUT2D eigenvalue weighted by atomic mass is 16.7. The number of hydrogen-bond acceptors (Lipinski definition) is 11. The Morgan fingerprint density at radius 3 is 2.28 bits per heavy atom. The predicted octanol–water partition coefficient (Wildman–Crippen LogP) is -0.245. The SMILES string of the molecule is O=c1c(O)c(-c2ccc(O[C@@H]3O[C@H](CO)[C@@H](O)[C@@H](O)[C@H]3O)cc2)oc2cc(O)cc(O)c12. The Morgan fingerprint density at radius 2 is 1.62 bits per heavy atom. The van der Waals surface area contributed by atoms with E-state index in [0.717, 1.165) is 12.1 Å². The van der Waals surface area contributed by atoms with Crippen LogP contribution in [0.5, 0.6) is 23.0 Å². The lowest BCUT2D eigenvalue weighted by molar-refractivity contribution is -0.277. The topological polar surface area (TPSA) is 190 Å². The van der Waals surface area contributed by atoms with Crippen molar-refractivity contribution in [2.45, 2.75) is 30.7 Å². The summed E-state index contributed by atoms with van der Waals surface area (Å²) in [7, 11) is 0. The number of benzene rings is 2. The van der Waals surface area contributed by atoms with Crippen LogP contribution in [0.2, 0.25) is 0 Å². The smallest absolute Gasteiger partial charge is 0.238 e. The molecule has 11 heteroatoms. The maximum Gasteiger partial charge on any atom is 0.238 e. The summed E-state index contributed by atoms with van der Waals surface area (Å²) in [5.41, 5.74) is -0.771. The van der Waals surface area contributed by atoms with Crippen LogP contribution < -0.4 is 10.2 Å². The average molecular weight is 448 g/mol. The van der Waals surface area contributed by atoms with Crippen LogP contribution >= 0.6 is 0 Å². The molecule has 32 heavy (non-hydrogen) atoms. The third-order valence-electron chi connectivity index (χ3n) is 5.15. The molecule has 1 aromatic heterocycles. The third-order valence-corrected chi connectivity index (χ3v) is 5.15. The Labute approximate surface area is 179 Å². The zero-order valence-electron chi connectivity index (χ0n) is 16.3. The average Bonchev–Trinajstić information content (AvgIpc) is 2.76. The van der Waals surface area contributed by atoms with Gasteiger partial charge in [0.25, 0.3) is 0 Å². The van der Waals surface area contributed by atoms with Gasteiger partial charge in [-0.15, -0.1) is 0 Å². The van der Waals surface area contributed by atoms with E-state index >= 15 is 0 Å². The summed E-state index contributed by atoms with van der Waals surface area (Å²) in [6.45, 7) is -0.602. The summed E-state index contributed by atoms with van der Waals surface area (Å²) >= 11 is 0. The highest BCUT2D eigenvalue weighted by molar-refractivity contribution is 5.88. The van der Waals surface area contributed by atoms with Crippen molar-refractivity contribution in [2.75, 3.05) is 6.61 Å². The van der Waals surface area contributed by atoms with E-state index in [1.807, 2.05) is 0 Å². The van der Waals surface area contributed by atoms with Crippen LogP contribution in [-0.4, -0.2) is 73.1 Å². The fraction of sp³-hybridized carbons (Fsp3) is 0.286. The van der Waals surface area contributed by atoms with Crippen LogP contribution in [0, 0.1) is 0 Å². The molecule has 5 atom stereocenters. The molecule has 7 N–H and O–H groups in total. The zero-order valence-corrected chi connectivity index (χ0v) is 16.3. The minimum atomic E-state index is -1.60. The molecule has 1 saturated heterocycles. The van der Waals surface area contributed by atoms with E-state index in [4.69, 9.17) is 13.9 Å². The van der Waals surface area contributed by atoms with Gasteiger partial charge in [0.1, 0.15) is 52.6 Å². The lowest BCUT2D eigenvalue weighted by Gasteiger charge is -2.39. The van der Waals surface area contributed by atoms with Gasteiger partial charge in [0, 0.05) is 17.7 Å².